The number of hydrogen-bond acceptors (Lipinski definition) is 3. The molecule has 3 nitrogen and oxygen atoms in total. The Hall–Kier alpha value is 0.568. The molecule has 0 fully saturated rings. The number of alkyl halides is 3. The molecule has 128 valence electrons. The molecular weight excluding hydrogens is 370 g/mol. The van der Waals surface area contributed by atoms with Crippen molar-refractivity contribution >= 4 is 39.8 Å². The van der Waals surface area contributed by atoms with Crippen molar-refractivity contribution < 1.29 is 25.5 Å². The Labute approximate surface area is 129 Å². The van der Waals surface area contributed by atoms with Crippen LogP contribution in [0.2, 0.25) is 58.9 Å². The molecule has 0 aromatic rings. The molecule has 11 heteroatoms. The van der Waals surface area contributed by atoms with Crippen LogP contribution >= 0.6 is 0 Å². The number of hydrogen-bond donors (Lipinski definition) is 0. The molecule has 0 amide bonds. The van der Waals surface area contributed by atoms with E-state index in [1.807, 2.05) is 58.9 Å². The van der Waals surface area contributed by atoms with Gasteiger partial charge in [-0.05, 0) is 0 Å². The summed E-state index contributed by atoms with van der Waals surface area (Å²) in [6.45, 7) is 14.6. The van der Waals surface area contributed by atoms with Crippen LogP contribution in [0.4, 0.5) is 13.2 Å². The van der Waals surface area contributed by atoms with Gasteiger partial charge in [-0.15, -0.1) is 0 Å². The maximum absolute atomic E-state index is 12.9. The highest BCUT2D eigenvalue weighted by Crippen LogP contribution is 2.41. The SMILES string of the molecule is C[Si](C)(C)[Si](OS(=O)(=O)C(F)(F)F)([Si](C)(C)C)[Si](C)(C)C. The number of halogens is 3. The van der Waals surface area contributed by atoms with Gasteiger partial charge in [-0.1, -0.05) is 58.9 Å². The Kier molecular flexibility index (Phi) is 5.73. The molecule has 0 bridgehead atoms. The van der Waals surface area contributed by atoms with Gasteiger partial charge < -0.3 is 3.87 Å². The highest BCUT2D eigenvalue weighted by Gasteiger charge is 2.68. The Morgan fingerprint density at radius 3 is 1.10 bits per heavy atom. The van der Waals surface area contributed by atoms with Crippen molar-refractivity contribution in [3.63, 3.8) is 0 Å². The second-order valence-electron chi connectivity index (χ2n) is 8.41. The van der Waals surface area contributed by atoms with Gasteiger partial charge in [0.2, 0.25) is 0 Å². The highest BCUT2D eigenvalue weighted by molar-refractivity contribution is 7.96. The van der Waals surface area contributed by atoms with Gasteiger partial charge in [-0.3, -0.25) is 0 Å². The third-order valence-corrected chi connectivity index (χ3v) is 74.2. The van der Waals surface area contributed by atoms with Crippen LogP contribution in [0, 0.1) is 0 Å². The summed E-state index contributed by atoms with van der Waals surface area (Å²) in [4.78, 5) is 0. The topological polar surface area (TPSA) is 43.4 Å². The van der Waals surface area contributed by atoms with Crippen LogP contribution in [0.5, 0.6) is 0 Å². The van der Waals surface area contributed by atoms with E-state index in [1.54, 1.807) is 0 Å². The second-order valence-corrected chi connectivity index (χ2v) is 49.7. The molecule has 0 spiro atoms. The molecule has 0 N–H and O–H groups in total. The summed E-state index contributed by atoms with van der Waals surface area (Å²) in [5.74, 6) is 0. The van der Waals surface area contributed by atoms with E-state index in [0.717, 1.165) is 0 Å². The lowest BCUT2D eigenvalue weighted by Gasteiger charge is -2.54. The quantitative estimate of drug-likeness (QED) is 0.520. The van der Waals surface area contributed by atoms with Gasteiger partial charge in [0.15, 0.2) is 6.87 Å². The largest absolute Gasteiger partial charge is 0.522 e. The zero-order valence-electron chi connectivity index (χ0n) is 14.3. The van der Waals surface area contributed by atoms with Gasteiger partial charge in [0.1, 0.15) is 0 Å². The first-order valence-corrected chi connectivity index (χ1v) is 23.5. The monoisotopic (exact) mass is 396 g/mol. The summed E-state index contributed by atoms with van der Waals surface area (Å²) < 4.78 is 67.4. The van der Waals surface area contributed by atoms with Gasteiger partial charge >= 0.3 is 15.6 Å². The molecule has 0 heterocycles. The fraction of sp³-hybridized carbons (Fsp3) is 1.00. The normalized spacial score (nSPS) is 16.2. The van der Waals surface area contributed by atoms with Crippen LogP contribution in [0.1, 0.15) is 0 Å². The van der Waals surface area contributed by atoms with Gasteiger partial charge in [0.05, 0.1) is 22.8 Å². The van der Waals surface area contributed by atoms with Gasteiger partial charge in [-0.25, -0.2) is 0 Å². The summed E-state index contributed by atoms with van der Waals surface area (Å²) in [7, 11) is -12.2. The highest BCUT2D eigenvalue weighted by atomic mass is 32.2. The summed E-state index contributed by atoms with van der Waals surface area (Å²) in [5.41, 5.74) is -5.34. The van der Waals surface area contributed by atoms with E-state index in [2.05, 4.69) is 0 Å². The van der Waals surface area contributed by atoms with E-state index in [9.17, 15) is 21.6 Å². The molecular formula is C10H27F3O3SSi4. The van der Waals surface area contributed by atoms with E-state index in [-0.39, 0.29) is 0 Å². The molecule has 0 aliphatic carbocycles. The molecule has 0 radical (unpaired) electrons. The fourth-order valence-electron chi connectivity index (χ4n) is 3.96. The van der Waals surface area contributed by atoms with Crippen molar-refractivity contribution in [2.75, 3.05) is 0 Å². The van der Waals surface area contributed by atoms with Crippen molar-refractivity contribution in [2.24, 2.45) is 0 Å². The molecule has 0 aliphatic rings. The van der Waals surface area contributed by atoms with E-state index in [4.69, 9.17) is 3.87 Å². The second kappa shape index (κ2) is 5.58. The van der Waals surface area contributed by atoms with Crippen LogP contribution in [0.15, 0.2) is 0 Å². The lowest BCUT2D eigenvalue weighted by atomic mass is 11.6. The van der Waals surface area contributed by atoms with E-state index >= 15 is 0 Å². The van der Waals surface area contributed by atoms with Gasteiger partial charge in [-0.2, -0.15) is 21.6 Å². The third-order valence-electron chi connectivity index (χ3n) is 3.69. The predicted molar refractivity (Wildman–Crippen MR) is 91.9 cm³/mol. The first-order valence-electron chi connectivity index (χ1n) is 6.73. The van der Waals surface area contributed by atoms with Crippen LogP contribution in [0.25, 0.3) is 0 Å². The Bertz CT molecular complexity index is 448. The summed E-state index contributed by atoms with van der Waals surface area (Å²) in [6.07, 6.45) is 0. The molecule has 0 aromatic heterocycles. The zero-order chi connectivity index (χ0) is 17.7. The summed E-state index contributed by atoms with van der Waals surface area (Å²) >= 11 is 0. The van der Waals surface area contributed by atoms with E-state index in [0.29, 0.717) is 0 Å². The van der Waals surface area contributed by atoms with Crippen LogP contribution in [-0.2, 0) is 14.0 Å². The van der Waals surface area contributed by atoms with Crippen LogP contribution in [0.3, 0.4) is 0 Å². The summed E-state index contributed by atoms with van der Waals surface area (Å²) in [5, 5.41) is 0. The maximum Gasteiger partial charge on any atom is 0.522 e. The van der Waals surface area contributed by atoms with Crippen LogP contribution in [-0.4, -0.2) is 43.6 Å². The molecule has 0 saturated carbocycles. The van der Waals surface area contributed by atoms with Crippen molar-refractivity contribution in [1.82, 2.24) is 0 Å². The minimum absolute atomic E-state index is 1.96. The Balaban J connectivity index is 6.50. The molecule has 0 saturated heterocycles. The molecule has 21 heavy (non-hydrogen) atoms. The molecule has 0 rings (SSSR count). The lowest BCUT2D eigenvalue weighted by Crippen LogP contribution is -2.84. The smallest absolute Gasteiger partial charge is 0.318 e. The lowest BCUT2D eigenvalue weighted by molar-refractivity contribution is -0.0500. The minimum Gasteiger partial charge on any atom is -0.318 e. The Morgan fingerprint density at radius 2 is 0.952 bits per heavy atom. The van der Waals surface area contributed by atoms with Gasteiger partial charge in [0.25, 0.3) is 0 Å². The number of rotatable bonds is 5. The van der Waals surface area contributed by atoms with Crippen molar-refractivity contribution in [3.05, 3.63) is 0 Å². The van der Waals surface area contributed by atoms with Gasteiger partial charge in [0, 0.05) is 0 Å². The first-order chi connectivity index (χ1) is 8.71. The molecule has 0 unspecified atom stereocenters. The van der Waals surface area contributed by atoms with Crippen molar-refractivity contribution in [3.8, 4) is 0 Å². The maximum atomic E-state index is 12.9. The minimum atomic E-state index is -5.54. The average Bonchev–Trinajstić information content (AvgIpc) is 2.05. The molecule has 0 atom stereocenters. The van der Waals surface area contributed by atoms with E-state index in [1.165, 1.54) is 0 Å². The predicted octanol–water partition coefficient (Wildman–Crippen LogP) is 4.05. The standard InChI is InChI=1S/C10H27F3O3SSi4/c1-18(2,3)21(19(4,5)6,20(7,8)9)16-17(14,15)10(11,12)13/h1-9H3. The zero-order valence-corrected chi connectivity index (χ0v) is 19.1. The fourth-order valence-corrected chi connectivity index (χ4v) is 106. The van der Waals surface area contributed by atoms with Crippen molar-refractivity contribution in [2.45, 2.75) is 64.4 Å². The van der Waals surface area contributed by atoms with Crippen LogP contribution < -0.4 is 0 Å². The third kappa shape index (κ3) is 3.91. The Morgan fingerprint density at radius 1 is 0.714 bits per heavy atom. The average molecular weight is 397 g/mol. The summed E-state index contributed by atoms with van der Waals surface area (Å²) in [6, 6.07) is 0. The van der Waals surface area contributed by atoms with Crippen molar-refractivity contribution in [1.29, 1.82) is 0 Å². The first kappa shape index (κ1) is 21.6. The van der Waals surface area contributed by atoms with E-state index < -0.39 is 45.3 Å². The molecule has 0 aliphatic heterocycles. The molecule has 0 aromatic carbocycles.